The van der Waals surface area contributed by atoms with Gasteiger partial charge in [0.15, 0.2) is 5.65 Å². The molecule has 4 nitrogen and oxygen atoms in total. The number of hydrogen-bond donors (Lipinski definition) is 1. The molecule has 0 atom stereocenters. The van der Waals surface area contributed by atoms with Crippen molar-refractivity contribution in [2.75, 3.05) is 5.32 Å². The summed E-state index contributed by atoms with van der Waals surface area (Å²) in [4.78, 5) is 12.8. The van der Waals surface area contributed by atoms with Crippen LogP contribution in [0.1, 0.15) is 5.56 Å². The number of fused-ring (bicyclic) bond motifs is 1. The van der Waals surface area contributed by atoms with Crippen LogP contribution in [-0.2, 0) is 5.88 Å². The van der Waals surface area contributed by atoms with Gasteiger partial charge in [-0.3, -0.25) is 4.98 Å². The van der Waals surface area contributed by atoms with Crippen molar-refractivity contribution in [3.05, 3.63) is 54.4 Å². The fraction of sp³-hybridized carbons (Fsp3) is 0.0714. The summed E-state index contributed by atoms with van der Waals surface area (Å²) in [7, 11) is 0. The van der Waals surface area contributed by atoms with Crippen LogP contribution < -0.4 is 5.32 Å². The van der Waals surface area contributed by atoms with E-state index in [1.807, 2.05) is 36.4 Å². The minimum Gasteiger partial charge on any atom is -0.340 e. The van der Waals surface area contributed by atoms with E-state index in [0.717, 1.165) is 22.6 Å². The Morgan fingerprint density at radius 1 is 0.947 bits per heavy atom. The third kappa shape index (κ3) is 2.63. The van der Waals surface area contributed by atoms with E-state index in [4.69, 9.17) is 11.6 Å². The normalized spacial score (nSPS) is 10.6. The van der Waals surface area contributed by atoms with E-state index >= 15 is 0 Å². The van der Waals surface area contributed by atoms with Crippen molar-refractivity contribution >= 4 is 34.3 Å². The van der Waals surface area contributed by atoms with Crippen LogP contribution in [0.3, 0.4) is 0 Å². The van der Waals surface area contributed by atoms with Gasteiger partial charge in [0.05, 0.1) is 0 Å². The lowest BCUT2D eigenvalue weighted by molar-refractivity contribution is 1.22. The average Bonchev–Trinajstić information content (AvgIpc) is 2.48. The first kappa shape index (κ1) is 11.9. The first-order valence-corrected chi connectivity index (χ1v) is 6.38. The molecule has 5 heteroatoms. The summed E-state index contributed by atoms with van der Waals surface area (Å²) in [5.74, 6) is 1.26. The predicted molar refractivity (Wildman–Crippen MR) is 76.6 cm³/mol. The van der Waals surface area contributed by atoms with E-state index in [1.54, 1.807) is 12.4 Å². The third-order valence-corrected chi connectivity index (χ3v) is 3.02. The number of hydrogen-bond acceptors (Lipinski definition) is 4. The lowest BCUT2D eigenvalue weighted by Crippen LogP contribution is -1.95. The summed E-state index contributed by atoms with van der Waals surface area (Å²) >= 11 is 5.76. The molecule has 0 aliphatic rings. The summed E-state index contributed by atoms with van der Waals surface area (Å²) in [5.41, 5.74) is 3.46. The zero-order chi connectivity index (χ0) is 13.1. The fourth-order valence-corrected chi connectivity index (χ4v) is 1.93. The van der Waals surface area contributed by atoms with E-state index in [-0.39, 0.29) is 0 Å². The molecule has 0 spiro atoms. The van der Waals surface area contributed by atoms with Crippen molar-refractivity contribution < 1.29 is 0 Å². The molecule has 2 aromatic heterocycles. The highest BCUT2D eigenvalue weighted by atomic mass is 35.5. The van der Waals surface area contributed by atoms with Gasteiger partial charge in [-0.05, 0) is 29.8 Å². The zero-order valence-corrected chi connectivity index (χ0v) is 10.8. The SMILES string of the molecule is ClCc1ccc(Nc2ccc3nccnc3n2)cc1. The molecule has 19 heavy (non-hydrogen) atoms. The van der Waals surface area contributed by atoms with Gasteiger partial charge in [0.2, 0.25) is 0 Å². The first-order valence-electron chi connectivity index (χ1n) is 5.85. The van der Waals surface area contributed by atoms with Gasteiger partial charge >= 0.3 is 0 Å². The molecular formula is C14H11ClN4. The molecule has 0 amide bonds. The van der Waals surface area contributed by atoms with Crippen molar-refractivity contribution in [3.8, 4) is 0 Å². The highest BCUT2D eigenvalue weighted by molar-refractivity contribution is 6.17. The maximum Gasteiger partial charge on any atom is 0.180 e. The van der Waals surface area contributed by atoms with Crippen molar-refractivity contribution in [3.63, 3.8) is 0 Å². The Labute approximate surface area is 115 Å². The summed E-state index contributed by atoms with van der Waals surface area (Å²) in [5, 5.41) is 3.23. The van der Waals surface area contributed by atoms with Gasteiger partial charge in [-0.15, -0.1) is 11.6 Å². The van der Waals surface area contributed by atoms with Crippen LogP contribution in [0, 0.1) is 0 Å². The fourth-order valence-electron chi connectivity index (χ4n) is 1.75. The van der Waals surface area contributed by atoms with Gasteiger partial charge in [0.1, 0.15) is 11.3 Å². The Morgan fingerprint density at radius 2 is 1.74 bits per heavy atom. The van der Waals surface area contributed by atoms with Gasteiger partial charge in [0, 0.05) is 24.0 Å². The maximum absolute atomic E-state index is 5.76. The molecule has 94 valence electrons. The Morgan fingerprint density at radius 3 is 2.53 bits per heavy atom. The van der Waals surface area contributed by atoms with Crippen LogP contribution in [0.2, 0.25) is 0 Å². The highest BCUT2D eigenvalue weighted by Gasteiger charge is 2.00. The van der Waals surface area contributed by atoms with Crippen LogP contribution in [-0.4, -0.2) is 15.0 Å². The maximum atomic E-state index is 5.76. The van der Waals surface area contributed by atoms with Crippen LogP contribution in [0.5, 0.6) is 0 Å². The molecule has 0 saturated heterocycles. The molecule has 2 heterocycles. The van der Waals surface area contributed by atoms with Crippen molar-refractivity contribution in [1.29, 1.82) is 0 Å². The molecule has 1 aromatic carbocycles. The largest absolute Gasteiger partial charge is 0.340 e. The number of rotatable bonds is 3. The number of anilines is 2. The van der Waals surface area contributed by atoms with Crippen LogP contribution >= 0.6 is 11.6 Å². The molecule has 0 saturated carbocycles. The van der Waals surface area contributed by atoms with E-state index in [1.165, 1.54) is 0 Å². The molecule has 0 fully saturated rings. The number of nitrogens with zero attached hydrogens (tertiary/aromatic N) is 3. The quantitative estimate of drug-likeness (QED) is 0.740. The predicted octanol–water partition coefficient (Wildman–Crippen LogP) is 3.51. The molecule has 3 rings (SSSR count). The monoisotopic (exact) mass is 270 g/mol. The summed E-state index contributed by atoms with van der Waals surface area (Å²) in [6.45, 7) is 0. The molecule has 0 bridgehead atoms. The number of aromatic nitrogens is 3. The van der Waals surface area contributed by atoms with E-state index in [0.29, 0.717) is 11.5 Å². The first-order chi connectivity index (χ1) is 9.35. The average molecular weight is 271 g/mol. The second-order valence-electron chi connectivity index (χ2n) is 4.05. The minimum atomic E-state index is 0.518. The lowest BCUT2D eigenvalue weighted by atomic mass is 10.2. The molecule has 0 radical (unpaired) electrons. The Kier molecular flexibility index (Phi) is 3.25. The molecule has 1 N–H and O–H groups in total. The summed E-state index contributed by atoms with van der Waals surface area (Å²) in [6.07, 6.45) is 3.29. The van der Waals surface area contributed by atoms with E-state index in [2.05, 4.69) is 20.3 Å². The van der Waals surface area contributed by atoms with Crippen molar-refractivity contribution in [2.45, 2.75) is 5.88 Å². The van der Waals surface area contributed by atoms with Gasteiger partial charge in [-0.25, -0.2) is 9.97 Å². The van der Waals surface area contributed by atoms with Crippen molar-refractivity contribution in [2.24, 2.45) is 0 Å². The van der Waals surface area contributed by atoms with Crippen LogP contribution in [0.4, 0.5) is 11.5 Å². The van der Waals surface area contributed by atoms with E-state index < -0.39 is 0 Å². The third-order valence-electron chi connectivity index (χ3n) is 2.71. The second kappa shape index (κ2) is 5.20. The molecule has 3 aromatic rings. The van der Waals surface area contributed by atoms with Gasteiger partial charge in [-0.1, -0.05) is 12.1 Å². The number of nitrogens with one attached hydrogen (secondary N) is 1. The standard InChI is InChI=1S/C14H11ClN4/c15-9-10-1-3-11(4-2-10)18-13-6-5-12-14(19-13)17-8-7-16-12/h1-8H,9H2,(H,17,18,19). The van der Waals surface area contributed by atoms with Crippen LogP contribution in [0.15, 0.2) is 48.8 Å². The van der Waals surface area contributed by atoms with Gasteiger partial charge in [-0.2, -0.15) is 0 Å². The highest BCUT2D eigenvalue weighted by Crippen LogP contribution is 2.17. The van der Waals surface area contributed by atoms with E-state index in [9.17, 15) is 0 Å². The smallest absolute Gasteiger partial charge is 0.180 e. The molecule has 0 aliphatic carbocycles. The zero-order valence-electron chi connectivity index (χ0n) is 10.0. The topological polar surface area (TPSA) is 50.7 Å². The molecule has 0 unspecified atom stereocenters. The lowest BCUT2D eigenvalue weighted by Gasteiger charge is -2.06. The molecular weight excluding hydrogens is 260 g/mol. The minimum absolute atomic E-state index is 0.518. The Hall–Kier alpha value is -2.20. The number of alkyl halides is 1. The summed E-state index contributed by atoms with van der Waals surface area (Å²) < 4.78 is 0. The molecule has 0 aliphatic heterocycles. The number of pyridine rings is 1. The van der Waals surface area contributed by atoms with Crippen molar-refractivity contribution in [1.82, 2.24) is 15.0 Å². The summed E-state index contributed by atoms with van der Waals surface area (Å²) in [6, 6.07) is 11.7. The Bertz CT molecular complexity index is 697. The number of benzene rings is 1. The van der Waals surface area contributed by atoms with Crippen LogP contribution in [0.25, 0.3) is 11.2 Å². The Balaban J connectivity index is 1.87. The number of halogens is 1. The van der Waals surface area contributed by atoms with Gasteiger partial charge in [0.25, 0.3) is 0 Å². The van der Waals surface area contributed by atoms with Gasteiger partial charge < -0.3 is 5.32 Å². The second-order valence-corrected chi connectivity index (χ2v) is 4.32.